The standard InChI is InChI=1S/C21H41N3O3S/c1-5-7-15-28(26,27)24-13-10-19(11-14-24)20(25)22-17-21(3,4)23-12-8-9-18(6-2)16-23/h18-19H,5-17H2,1-4H3,(H,22,25). The lowest BCUT2D eigenvalue weighted by Gasteiger charge is -2.44. The second-order valence-corrected chi connectivity index (χ2v) is 11.3. The molecule has 0 aliphatic carbocycles. The summed E-state index contributed by atoms with van der Waals surface area (Å²) in [6.45, 7) is 12.5. The number of sulfonamides is 1. The normalized spacial score (nSPS) is 23.6. The molecule has 0 aromatic heterocycles. The second kappa shape index (κ2) is 10.4. The van der Waals surface area contributed by atoms with Crippen LogP contribution in [0.25, 0.3) is 0 Å². The topological polar surface area (TPSA) is 69.7 Å². The zero-order valence-electron chi connectivity index (χ0n) is 18.4. The monoisotopic (exact) mass is 415 g/mol. The lowest BCUT2D eigenvalue weighted by molar-refractivity contribution is -0.126. The number of amides is 1. The van der Waals surface area contributed by atoms with E-state index < -0.39 is 10.0 Å². The van der Waals surface area contributed by atoms with E-state index in [9.17, 15) is 13.2 Å². The van der Waals surface area contributed by atoms with Crippen molar-refractivity contribution in [2.24, 2.45) is 11.8 Å². The SMILES string of the molecule is CCCCS(=O)(=O)N1CCC(C(=O)NCC(C)(C)N2CCCC(CC)C2)CC1. The van der Waals surface area contributed by atoms with E-state index in [0.717, 1.165) is 25.4 Å². The van der Waals surface area contributed by atoms with E-state index in [1.54, 1.807) is 4.31 Å². The first kappa shape index (κ1) is 23.6. The summed E-state index contributed by atoms with van der Waals surface area (Å²) < 4.78 is 26.2. The maximum atomic E-state index is 12.7. The fraction of sp³-hybridized carbons (Fsp3) is 0.952. The Bertz CT molecular complexity index is 598. The molecule has 6 nitrogen and oxygen atoms in total. The van der Waals surface area contributed by atoms with Crippen LogP contribution in [0.4, 0.5) is 0 Å². The summed E-state index contributed by atoms with van der Waals surface area (Å²) in [5, 5.41) is 3.16. The van der Waals surface area contributed by atoms with Gasteiger partial charge in [0.2, 0.25) is 15.9 Å². The maximum Gasteiger partial charge on any atom is 0.223 e. The average Bonchev–Trinajstić information content (AvgIpc) is 2.70. The van der Waals surface area contributed by atoms with E-state index in [1.165, 1.54) is 19.3 Å². The highest BCUT2D eigenvalue weighted by atomic mass is 32.2. The third kappa shape index (κ3) is 6.42. The van der Waals surface area contributed by atoms with Crippen LogP contribution in [-0.4, -0.2) is 67.5 Å². The Morgan fingerprint density at radius 2 is 1.79 bits per heavy atom. The summed E-state index contributed by atoms with van der Waals surface area (Å²) in [4.78, 5) is 15.2. The molecule has 164 valence electrons. The molecule has 2 rings (SSSR count). The van der Waals surface area contributed by atoms with Crippen molar-refractivity contribution >= 4 is 15.9 Å². The Balaban J connectivity index is 1.79. The van der Waals surface area contributed by atoms with Gasteiger partial charge in [-0.2, -0.15) is 0 Å². The molecule has 0 aromatic carbocycles. The Morgan fingerprint density at radius 1 is 1.11 bits per heavy atom. The smallest absolute Gasteiger partial charge is 0.223 e. The van der Waals surface area contributed by atoms with Gasteiger partial charge in [0, 0.05) is 37.6 Å². The summed E-state index contributed by atoms with van der Waals surface area (Å²) in [6.07, 6.45) is 6.60. The number of hydrogen-bond donors (Lipinski definition) is 1. The Hall–Kier alpha value is -0.660. The summed E-state index contributed by atoms with van der Waals surface area (Å²) in [5.41, 5.74) is -0.0479. The van der Waals surface area contributed by atoms with Crippen LogP contribution >= 0.6 is 0 Å². The molecule has 1 atom stereocenters. The number of unbranched alkanes of at least 4 members (excludes halogenated alkanes) is 1. The molecule has 28 heavy (non-hydrogen) atoms. The second-order valence-electron chi connectivity index (χ2n) is 9.24. The molecule has 7 heteroatoms. The van der Waals surface area contributed by atoms with E-state index >= 15 is 0 Å². The highest BCUT2D eigenvalue weighted by molar-refractivity contribution is 7.89. The van der Waals surface area contributed by atoms with E-state index in [-0.39, 0.29) is 23.1 Å². The molecule has 2 heterocycles. The van der Waals surface area contributed by atoms with Crippen LogP contribution < -0.4 is 5.32 Å². The molecule has 2 aliphatic rings. The molecule has 0 bridgehead atoms. The first-order chi connectivity index (χ1) is 13.2. The molecule has 1 amide bonds. The number of nitrogens with zero attached hydrogens (tertiary/aromatic N) is 2. The Labute approximate surface area is 172 Å². The van der Waals surface area contributed by atoms with Crippen LogP contribution in [0.15, 0.2) is 0 Å². The minimum absolute atomic E-state index is 0.0479. The first-order valence-corrected chi connectivity index (χ1v) is 12.8. The van der Waals surface area contributed by atoms with Gasteiger partial charge in [0.05, 0.1) is 5.75 Å². The van der Waals surface area contributed by atoms with Gasteiger partial charge in [-0.3, -0.25) is 9.69 Å². The van der Waals surface area contributed by atoms with Gasteiger partial charge < -0.3 is 5.32 Å². The highest BCUT2D eigenvalue weighted by Crippen LogP contribution is 2.26. The Morgan fingerprint density at radius 3 is 2.39 bits per heavy atom. The highest BCUT2D eigenvalue weighted by Gasteiger charge is 2.34. The molecule has 0 spiro atoms. The van der Waals surface area contributed by atoms with Crippen molar-refractivity contribution in [1.29, 1.82) is 0 Å². The van der Waals surface area contributed by atoms with Crippen molar-refractivity contribution in [3.63, 3.8) is 0 Å². The Kier molecular flexibility index (Phi) is 8.77. The van der Waals surface area contributed by atoms with Gasteiger partial charge in [-0.15, -0.1) is 0 Å². The largest absolute Gasteiger partial charge is 0.354 e. The van der Waals surface area contributed by atoms with Crippen LogP contribution in [0.1, 0.15) is 72.6 Å². The van der Waals surface area contributed by atoms with Crippen molar-refractivity contribution in [3.8, 4) is 0 Å². The number of piperidine rings is 2. The van der Waals surface area contributed by atoms with Crippen LogP contribution in [0.5, 0.6) is 0 Å². The third-order valence-electron chi connectivity index (χ3n) is 6.62. The number of nitrogens with one attached hydrogen (secondary N) is 1. The third-order valence-corrected chi connectivity index (χ3v) is 8.58. The maximum absolute atomic E-state index is 12.7. The lowest BCUT2D eigenvalue weighted by Crippen LogP contribution is -2.55. The van der Waals surface area contributed by atoms with Gasteiger partial charge in [0.15, 0.2) is 0 Å². The lowest BCUT2D eigenvalue weighted by atomic mass is 9.90. The molecule has 0 saturated carbocycles. The number of hydrogen-bond acceptors (Lipinski definition) is 4. The van der Waals surface area contributed by atoms with E-state index in [4.69, 9.17) is 0 Å². The van der Waals surface area contributed by atoms with Crippen molar-refractivity contribution in [1.82, 2.24) is 14.5 Å². The van der Waals surface area contributed by atoms with Gasteiger partial charge in [0.25, 0.3) is 0 Å². The summed E-state index contributed by atoms with van der Waals surface area (Å²) in [5.74, 6) is 1.01. The number of rotatable bonds is 9. The van der Waals surface area contributed by atoms with Crippen LogP contribution in [0.3, 0.4) is 0 Å². The predicted molar refractivity (Wildman–Crippen MR) is 115 cm³/mol. The summed E-state index contributed by atoms with van der Waals surface area (Å²) in [6, 6.07) is 0. The zero-order chi connectivity index (χ0) is 20.8. The fourth-order valence-electron chi connectivity index (χ4n) is 4.36. The van der Waals surface area contributed by atoms with Gasteiger partial charge in [-0.1, -0.05) is 26.7 Å². The van der Waals surface area contributed by atoms with E-state index in [1.807, 2.05) is 6.92 Å². The quantitative estimate of drug-likeness (QED) is 0.629. The molecule has 0 radical (unpaired) electrons. The minimum atomic E-state index is -3.16. The van der Waals surface area contributed by atoms with Gasteiger partial charge in [-0.05, 0) is 58.4 Å². The van der Waals surface area contributed by atoms with Crippen LogP contribution in [0.2, 0.25) is 0 Å². The molecule has 2 aliphatic heterocycles. The van der Waals surface area contributed by atoms with Crippen molar-refractivity contribution < 1.29 is 13.2 Å². The van der Waals surface area contributed by atoms with Crippen molar-refractivity contribution in [2.75, 3.05) is 38.5 Å². The van der Waals surface area contributed by atoms with E-state index in [0.29, 0.717) is 38.9 Å². The minimum Gasteiger partial charge on any atom is -0.354 e. The molecular formula is C21H41N3O3S. The average molecular weight is 416 g/mol. The number of carbonyl (C=O) groups is 1. The first-order valence-electron chi connectivity index (χ1n) is 11.2. The number of likely N-dealkylation sites (tertiary alicyclic amines) is 1. The zero-order valence-corrected chi connectivity index (χ0v) is 19.2. The molecule has 0 aromatic rings. The van der Waals surface area contributed by atoms with Gasteiger partial charge >= 0.3 is 0 Å². The van der Waals surface area contributed by atoms with Crippen molar-refractivity contribution in [2.45, 2.75) is 78.2 Å². The summed E-state index contributed by atoms with van der Waals surface area (Å²) in [7, 11) is -3.16. The molecule has 1 unspecified atom stereocenters. The molecular weight excluding hydrogens is 374 g/mol. The molecule has 2 saturated heterocycles. The summed E-state index contributed by atoms with van der Waals surface area (Å²) >= 11 is 0. The van der Waals surface area contributed by atoms with Crippen LogP contribution in [0, 0.1) is 11.8 Å². The van der Waals surface area contributed by atoms with Gasteiger partial charge in [-0.25, -0.2) is 12.7 Å². The predicted octanol–water partition coefficient (Wildman–Crippen LogP) is 2.85. The van der Waals surface area contributed by atoms with Gasteiger partial charge in [0.1, 0.15) is 0 Å². The fourth-order valence-corrected chi connectivity index (χ4v) is 6.04. The number of carbonyl (C=O) groups excluding carboxylic acids is 1. The van der Waals surface area contributed by atoms with Crippen LogP contribution in [-0.2, 0) is 14.8 Å². The van der Waals surface area contributed by atoms with Crippen molar-refractivity contribution in [3.05, 3.63) is 0 Å². The van der Waals surface area contributed by atoms with E-state index in [2.05, 4.69) is 31.0 Å². The molecule has 2 fully saturated rings. The molecule has 1 N–H and O–H groups in total.